The van der Waals surface area contributed by atoms with E-state index >= 15 is 0 Å². The lowest BCUT2D eigenvalue weighted by Crippen LogP contribution is -2.41. The van der Waals surface area contributed by atoms with Gasteiger partial charge in [-0.25, -0.2) is 0 Å². The number of unbranched alkanes of at least 4 members (excludes halogenated alkanes) is 1. The molecule has 1 aliphatic rings. The molecule has 114 valence electrons. The van der Waals surface area contributed by atoms with Gasteiger partial charge in [0, 0.05) is 26.4 Å². The SMILES string of the molecule is COCCOCCCCNC1CCOC(C(C)C)C1. The molecule has 0 bridgehead atoms. The molecule has 0 spiro atoms. The van der Waals surface area contributed by atoms with Gasteiger partial charge in [-0.05, 0) is 38.1 Å². The molecule has 0 aromatic heterocycles. The maximum absolute atomic E-state index is 5.78. The molecule has 2 atom stereocenters. The third kappa shape index (κ3) is 7.88. The van der Waals surface area contributed by atoms with Crippen LogP contribution >= 0.6 is 0 Å². The van der Waals surface area contributed by atoms with Gasteiger partial charge in [-0.3, -0.25) is 0 Å². The van der Waals surface area contributed by atoms with E-state index in [1.165, 1.54) is 6.42 Å². The van der Waals surface area contributed by atoms with Gasteiger partial charge >= 0.3 is 0 Å². The van der Waals surface area contributed by atoms with Crippen LogP contribution in [0.4, 0.5) is 0 Å². The van der Waals surface area contributed by atoms with Crippen LogP contribution in [0.15, 0.2) is 0 Å². The fourth-order valence-corrected chi connectivity index (χ4v) is 2.36. The molecule has 0 aromatic rings. The molecule has 1 fully saturated rings. The summed E-state index contributed by atoms with van der Waals surface area (Å²) >= 11 is 0. The molecule has 4 nitrogen and oxygen atoms in total. The lowest BCUT2D eigenvalue weighted by Gasteiger charge is -2.32. The van der Waals surface area contributed by atoms with Gasteiger partial charge < -0.3 is 19.5 Å². The summed E-state index contributed by atoms with van der Waals surface area (Å²) in [5.41, 5.74) is 0. The van der Waals surface area contributed by atoms with Crippen molar-refractivity contribution >= 4 is 0 Å². The van der Waals surface area contributed by atoms with Crippen molar-refractivity contribution in [1.82, 2.24) is 5.32 Å². The average molecular weight is 273 g/mol. The van der Waals surface area contributed by atoms with Crippen molar-refractivity contribution in [2.45, 2.75) is 51.7 Å². The average Bonchev–Trinajstić information content (AvgIpc) is 2.42. The fraction of sp³-hybridized carbons (Fsp3) is 1.00. The summed E-state index contributed by atoms with van der Waals surface area (Å²) in [7, 11) is 1.70. The zero-order valence-corrected chi connectivity index (χ0v) is 12.8. The number of nitrogens with one attached hydrogen (secondary N) is 1. The van der Waals surface area contributed by atoms with E-state index in [0.29, 0.717) is 31.3 Å². The molecular formula is C15H31NO3. The molecule has 4 heteroatoms. The van der Waals surface area contributed by atoms with E-state index < -0.39 is 0 Å². The van der Waals surface area contributed by atoms with E-state index in [4.69, 9.17) is 14.2 Å². The molecule has 1 heterocycles. The Kier molecular flexibility index (Phi) is 9.43. The number of methoxy groups -OCH3 is 1. The second-order valence-corrected chi connectivity index (χ2v) is 5.64. The Bertz CT molecular complexity index is 212. The van der Waals surface area contributed by atoms with Gasteiger partial charge in [-0.15, -0.1) is 0 Å². The lowest BCUT2D eigenvalue weighted by atomic mass is 9.95. The van der Waals surface area contributed by atoms with Gasteiger partial charge in [0.25, 0.3) is 0 Å². The minimum atomic E-state index is 0.434. The Labute approximate surface area is 118 Å². The maximum Gasteiger partial charge on any atom is 0.0700 e. The van der Waals surface area contributed by atoms with Gasteiger partial charge in [0.05, 0.1) is 19.3 Å². The molecule has 0 amide bonds. The highest BCUT2D eigenvalue weighted by Gasteiger charge is 2.24. The smallest absolute Gasteiger partial charge is 0.0700 e. The van der Waals surface area contributed by atoms with Gasteiger partial charge in [0.2, 0.25) is 0 Å². The summed E-state index contributed by atoms with van der Waals surface area (Å²) in [5.74, 6) is 0.624. The van der Waals surface area contributed by atoms with Crippen molar-refractivity contribution in [1.29, 1.82) is 0 Å². The minimum absolute atomic E-state index is 0.434. The van der Waals surface area contributed by atoms with E-state index in [1.54, 1.807) is 7.11 Å². The first-order valence-corrected chi connectivity index (χ1v) is 7.65. The monoisotopic (exact) mass is 273 g/mol. The topological polar surface area (TPSA) is 39.7 Å². The predicted octanol–water partition coefficient (Wildman–Crippen LogP) is 2.22. The highest BCUT2D eigenvalue weighted by atomic mass is 16.5. The van der Waals surface area contributed by atoms with Crippen LogP contribution in [0.25, 0.3) is 0 Å². The Morgan fingerprint density at radius 2 is 2.05 bits per heavy atom. The third-order valence-corrected chi connectivity index (χ3v) is 3.64. The zero-order chi connectivity index (χ0) is 13.9. The van der Waals surface area contributed by atoms with Crippen LogP contribution in [-0.4, -0.2) is 52.2 Å². The van der Waals surface area contributed by atoms with E-state index in [-0.39, 0.29) is 0 Å². The fourth-order valence-electron chi connectivity index (χ4n) is 2.36. The standard InChI is InChI=1S/C15H31NO3/c1-13(2)15-12-14(6-9-19-15)16-7-4-5-8-18-11-10-17-3/h13-16H,4-12H2,1-3H3. The molecule has 0 aliphatic carbocycles. The first-order valence-electron chi connectivity index (χ1n) is 7.65. The van der Waals surface area contributed by atoms with Gasteiger partial charge in [-0.2, -0.15) is 0 Å². The molecule has 1 N–H and O–H groups in total. The van der Waals surface area contributed by atoms with Crippen molar-refractivity contribution in [2.75, 3.05) is 40.1 Å². The third-order valence-electron chi connectivity index (χ3n) is 3.64. The minimum Gasteiger partial charge on any atom is -0.382 e. The maximum atomic E-state index is 5.78. The quantitative estimate of drug-likeness (QED) is 0.620. The second-order valence-electron chi connectivity index (χ2n) is 5.64. The molecule has 0 aromatic carbocycles. The van der Waals surface area contributed by atoms with E-state index in [9.17, 15) is 0 Å². The number of hydrogen-bond acceptors (Lipinski definition) is 4. The van der Waals surface area contributed by atoms with Gasteiger partial charge in [0.15, 0.2) is 0 Å². The molecular weight excluding hydrogens is 242 g/mol. The first-order chi connectivity index (χ1) is 9.24. The van der Waals surface area contributed by atoms with Crippen molar-refractivity contribution in [3.63, 3.8) is 0 Å². The summed E-state index contributed by atoms with van der Waals surface area (Å²) in [6, 6.07) is 0.635. The van der Waals surface area contributed by atoms with Crippen LogP contribution in [0.5, 0.6) is 0 Å². The lowest BCUT2D eigenvalue weighted by molar-refractivity contribution is -0.0243. The summed E-state index contributed by atoms with van der Waals surface area (Å²) in [6.45, 7) is 8.71. The Hall–Kier alpha value is -0.160. The number of rotatable bonds is 10. The van der Waals surface area contributed by atoms with E-state index in [0.717, 1.165) is 39.0 Å². The second kappa shape index (κ2) is 10.6. The first kappa shape index (κ1) is 16.9. The van der Waals surface area contributed by atoms with Crippen LogP contribution in [0.1, 0.15) is 39.5 Å². The van der Waals surface area contributed by atoms with Crippen LogP contribution in [0, 0.1) is 5.92 Å². The van der Waals surface area contributed by atoms with Crippen molar-refractivity contribution in [3.05, 3.63) is 0 Å². The van der Waals surface area contributed by atoms with Crippen molar-refractivity contribution < 1.29 is 14.2 Å². The Morgan fingerprint density at radius 1 is 1.21 bits per heavy atom. The Balaban J connectivity index is 1.94. The van der Waals surface area contributed by atoms with Crippen LogP contribution in [0.2, 0.25) is 0 Å². The van der Waals surface area contributed by atoms with Crippen LogP contribution in [0.3, 0.4) is 0 Å². The van der Waals surface area contributed by atoms with Crippen LogP contribution < -0.4 is 5.32 Å². The number of ether oxygens (including phenoxy) is 3. The Morgan fingerprint density at radius 3 is 2.79 bits per heavy atom. The molecule has 1 rings (SSSR count). The molecule has 2 unspecified atom stereocenters. The van der Waals surface area contributed by atoms with E-state index in [2.05, 4.69) is 19.2 Å². The van der Waals surface area contributed by atoms with Crippen molar-refractivity contribution in [2.24, 2.45) is 5.92 Å². The van der Waals surface area contributed by atoms with Gasteiger partial charge in [-0.1, -0.05) is 13.8 Å². The molecule has 1 saturated heterocycles. The molecule has 19 heavy (non-hydrogen) atoms. The highest BCUT2D eigenvalue weighted by Crippen LogP contribution is 2.20. The van der Waals surface area contributed by atoms with Gasteiger partial charge in [0.1, 0.15) is 0 Å². The summed E-state index contributed by atoms with van der Waals surface area (Å²) in [5, 5.41) is 3.65. The summed E-state index contributed by atoms with van der Waals surface area (Å²) in [4.78, 5) is 0. The summed E-state index contributed by atoms with van der Waals surface area (Å²) < 4.78 is 16.2. The summed E-state index contributed by atoms with van der Waals surface area (Å²) in [6.07, 6.45) is 5.03. The van der Waals surface area contributed by atoms with Crippen molar-refractivity contribution in [3.8, 4) is 0 Å². The molecule has 1 aliphatic heterocycles. The molecule has 0 radical (unpaired) electrons. The normalized spacial score (nSPS) is 24.0. The van der Waals surface area contributed by atoms with Crippen LogP contribution in [-0.2, 0) is 14.2 Å². The molecule has 0 saturated carbocycles. The van der Waals surface area contributed by atoms with E-state index in [1.807, 2.05) is 0 Å². The zero-order valence-electron chi connectivity index (χ0n) is 12.8. The largest absolute Gasteiger partial charge is 0.382 e. The number of hydrogen-bond donors (Lipinski definition) is 1. The predicted molar refractivity (Wildman–Crippen MR) is 77.5 cm³/mol. The highest BCUT2D eigenvalue weighted by molar-refractivity contribution is 4.78.